The minimum Gasteiger partial charge on any atom is -0.465 e. The van der Waals surface area contributed by atoms with Gasteiger partial charge in [-0.3, -0.25) is 4.79 Å². The summed E-state index contributed by atoms with van der Waals surface area (Å²) in [6.07, 6.45) is -0.191. The van der Waals surface area contributed by atoms with Crippen LogP contribution in [0.1, 0.15) is 76.6 Å². The van der Waals surface area contributed by atoms with Crippen molar-refractivity contribution in [3.8, 4) is 0 Å². The lowest BCUT2D eigenvalue weighted by molar-refractivity contribution is -0.136. The molecule has 1 fully saturated rings. The van der Waals surface area contributed by atoms with Gasteiger partial charge in [-0.25, -0.2) is 14.8 Å². The van der Waals surface area contributed by atoms with Crippen molar-refractivity contribution in [2.45, 2.75) is 77.8 Å². The molecule has 2 heterocycles. The highest BCUT2D eigenvalue weighted by Gasteiger charge is 2.48. The summed E-state index contributed by atoms with van der Waals surface area (Å²) in [7, 11) is 0. The number of carbonyl (C=O) groups excluding carboxylic acids is 1. The molecule has 0 spiro atoms. The van der Waals surface area contributed by atoms with Gasteiger partial charge in [-0.2, -0.15) is 8.78 Å². The standard InChI is InChI=1S/C29H38ClF2N5O3/c1-17(2)37(27(39)40)24(28(4,5)6)22(19-7-9-20(30)10-8-19)26(38)36-13-11-35(12-14-36)25-21-18(3)15-29(31,32)23(21)33-16-34-25/h7-10,16-18,22,24H,11-15H2,1-6H3,(H,39,40)/t18-,22?,24+/m1/s1. The summed E-state index contributed by atoms with van der Waals surface area (Å²) < 4.78 is 29.0. The highest BCUT2D eigenvalue weighted by molar-refractivity contribution is 6.30. The molecule has 1 unspecified atom stereocenters. The smallest absolute Gasteiger partial charge is 0.407 e. The van der Waals surface area contributed by atoms with Gasteiger partial charge in [0.2, 0.25) is 5.91 Å². The van der Waals surface area contributed by atoms with E-state index in [0.29, 0.717) is 48.1 Å². The first-order valence-electron chi connectivity index (χ1n) is 13.7. The van der Waals surface area contributed by atoms with Gasteiger partial charge < -0.3 is 19.8 Å². The van der Waals surface area contributed by atoms with Gasteiger partial charge in [-0.1, -0.05) is 51.4 Å². The molecule has 218 valence electrons. The van der Waals surface area contributed by atoms with Crippen molar-refractivity contribution in [1.82, 2.24) is 19.8 Å². The number of carbonyl (C=O) groups is 2. The lowest BCUT2D eigenvalue weighted by Crippen LogP contribution is -2.58. The Balaban J connectivity index is 1.65. The SMILES string of the molecule is CC(C)N(C(=O)O)[C@@H](C(C(=O)N1CCN(c2ncnc3c2[C@H](C)CC3(F)F)CC1)c1ccc(Cl)cc1)C(C)(C)C. The average molecular weight is 578 g/mol. The van der Waals surface area contributed by atoms with Gasteiger partial charge in [0, 0.05) is 49.2 Å². The van der Waals surface area contributed by atoms with Crippen molar-refractivity contribution in [2.24, 2.45) is 5.41 Å². The van der Waals surface area contributed by atoms with Crippen LogP contribution in [0, 0.1) is 5.41 Å². The van der Waals surface area contributed by atoms with Crippen LogP contribution in [0.2, 0.25) is 5.02 Å². The van der Waals surface area contributed by atoms with Crippen LogP contribution in [-0.4, -0.2) is 75.1 Å². The van der Waals surface area contributed by atoms with Crippen molar-refractivity contribution in [2.75, 3.05) is 31.1 Å². The van der Waals surface area contributed by atoms with E-state index < -0.39 is 29.4 Å². The molecule has 2 aliphatic rings. The second kappa shape index (κ2) is 11.1. The fourth-order valence-corrected chi connectivity index (χ4v) is 6.30. The molecule has 0 saturated carbocycles. The molecule has 1 aliphatic carbocycles. The Labute approximate surface area is 239 Å². The fourth-order valence-electron chi connectivity index (χ4n) is 6.17. The third-order valence-corrected chi connectivity index (χ3v) is 8.18. The number of amides is 2. The number of halogens is 3. The maximum Gasteiger partial charge on any atom is 0.407 e. The first-order chi connectivity index (χ1) is 18.6. The van der Waals surface area contributed by atoms with E-state index in [-0.39, 0.29) is 30.0 Å². The van der Waals surface area contributed by atoms with Gasteiger partial charge in [0.25, 0.3) is 5.92 Å². The number of nitrogens with zero attached hydrogens (tertiary/aromatic N) is 5. The Morgan fingerprint density at radius 2 is 1.70 bits per heavy atom. The predicted octanol–water partition coefficient (Wildman–Crippen LogP) is 5.96. The van der Waals surface area contributed by atoms with Crippen LogP contribution < -0.4 is 4.90 Å². The van der Waals surface area contributed by atoms with Crippen molar-refractivity contribution in [1.29, 1.82) is 0 Å². The van der Waals surface area contributed by atoms with Crippen LogP contribution >= 0.6 is 11.6 Å². The van der Waals surface area contributed by atoms with Crippen molar-refractivity contribution >= 4 is 29.4 Å². The number of rotatable bonds is 6. The molecule has 1 saturated heterocycles. The zero-order valence-electron chi connectivity index (χ0n) is 23.9. The van der Waals surface area contributed by atoms with Gasteiger partial charge in [-0.05, 0) is 42.9 Å². The molecular formula is C29H38ClF2N5O3. The number of hydrogen-bond donors (Lipinski definition) is 1. The van der Waals surface area contributed by atoms with Crippen LogP contribution in [0.4, 0.5) is 19.4 Å². The van der Waals surface area contributed by atoms with Crippen LogP contribution in [-0.2, 0) is 10.7 Å². The second-order valence-electron chi connectivity index (χ2n) is 12.2. The molecule has 1 N–H and O–H groups in total. The highest BCUT2D eigenvalue weighted by Crippen LogP contribution is 2.49. The zero-order chi connectivity index (χ0) is 29.6. The summed E-state index contributed by atoms with van der Waals surface area (Å²) in [6, 6.07) is 5.97. The van der Waals surface area contributed by atoms with Gasteiger partial charge in [0.1, 0.15) is 17.8 Å². The predicted molar refractivity (Wildman–Crippen MR) is 150 cm³/mol. The van der Waals surface area contributed by atoms with E-state index >= 15 is 0 Å². The van der Waals surface area contributed by atoms with Gasteiger partial charge in [-0.15, -0.1) is 0 Å². The number of hydrogen-bond acceptors (Lipinski definition) is 5. The summed E-state index contributed by atoms with van der Waals surface area (Å²) >= 11 is 6.16. The minimum atomic E-state index is -2.98. The Kier molecular flexibility index (Phi) is 8.32. The van der Waals surface area contributed by atoms with Gasteiger partial charge in [0.15, 0.2) is 0 Å². The first kappa shape index (κ1) is 30.0. The molecule has 4 rings (SSSR count). The van der Waals surface area contributed by atoms with E-state index in [1.54, 1.807) is 49.9 Å². The molecule has 2 aromatic rings. The molecular weight excluding hydrogens is 540 g/mol. The largest absolute Gasteiger partial charge is 0.465 e. The maximum atomic E-state index is 14.5. The van der Waals surface area contributed by atoms with E-state index in [1.807, 2.05) is 25.7 Å². The molecule has 0 radical (unpaired) electrons. The van der Waals surface area contributed by atoms with Crippen LogP contribution in [0.3, 0.4) is 0 Å². The molecule has 8 nitrogen and oxygen atoms in total. The quantitative estimate of drug-likeness (QED) is 0.455. The van der Waals surface area contributed by atoms with Crippen LogP contribution in [0.5, 0.6) is 0 Å². The van der Waals surface area contributed by atoms with E-state index in [2.05, 4.69) is 9.97 Å². The molecule has 2 amide bonds. The highest BCUT2D eigenvalue weighted by atomic mass is 35.5. The number of carboxylic acid groups (broad SMARTS) is 1. The number of benzene rings is 1. The third-order valence-electron chi connectivity index (χ3n) is 7.93. The molecule has 3 atom stereocenters. The molecule has 1 aromatic carbocycles. The first-order valence-corrected chi connectivity index (χ1v) is 14.0. The number of anilines is 1. The Hall–Kier alpha value is -3.01. The number of alkyl halides is 2. The maximum absolute atomic E-state index is 14.5. The normalized spacial score (nSPS) is 20.3. The number of aromatic nitrogens is 2. The molecule has 1 aliphatic heterocycles. The second-order valence-corrected chi connectivity index (χ2v) is 12.6. The van der Waals surface area contributed by atoms with Crippen molar-refractivity contribution in [3.63, 3.8) is 0 Å². The Morgan fingerprint density at radius 3 is 2.23 bits per heavy atom. The lowest BCUT2D eigenvalue weighted by Gasteiger charge is -2.46. The molecule has 40 heavy (non-hydrogen) atoms. The summed E-state index contributed by atoms with van der Waals surface area (Å²) in [5.41, 5.74) is 0.385. The summed E-state index contributed by atoms with van der Waals surface area (Å²) in [5.74, 6) is -3.81. The summed E-state index contributed by atoms with van der Waals surface area (Å²) in [4.78, 5) is 40.1. The summed E-state index contributed by atoms with van der Waals surface area (Å²) in [5, 5.41) is 10.7. The van der Waals surface area contributed by atoms with E-state index in [0.717, 1.165) is 0 Å². The third kappa shape index (κ3) is 5.73. The Morgan fingerprint density at radius 1 is 1.10 bits per heavy atom. The van der Waals surface area contributed by atoms with E-state index in [4.69, 9.17) is 11.6 Å². The summed E-state index contributed by atoms with van der Waals surface area (Å²) in [6.45, 7) is 12.7. The number of piperazine rings is 1. The van der Waals surface area contributed by atoms with Gasteiger partial charge >= 0.3 is 6.09 Å². The lowest BCUT2D eigenvalue weighted by atomic mass is 9.74. The molecule has 1 aromatic heterocycles. The molecule has 11 heteroatoms. The van der Waals surface area contributed by atoms with Crippen LogP contribution in [0.25, 0.3) is 0 Å². The van der Waals surface area contributed by atoms with Gasteiger partial charge in [0.05, 0.1) is 12.0 Å². The van der Waals surface area contributed by atoms with Crippen molar-refractivity contribution in [3.05, 3.63) is 52.4 Å². The van der Waals surface area contributed by atoms with Crippen molar-refractivity contribution < 1.29 is 23.5 Å². The monoisotopic (exact) mass is 577 g/mol. The van der Waals surface area contributed by atoms with Crippen LogP contribution in [0.15, 0.2) is 30.6 Å². The van der Waals surface area contributed by atoms with E-state index in [9.17, 15) is 23.5 Å². The van der Waals surface area contributed by atoms with E-state index in [1.165, 1.54) is 11.2 Å². The molecule has 0 bridgehead atoms. The average Bonchev–Trinajstić information content (AvgIpc) is 3.11. The fraction of sp³-hybridized carbons (Fsp3) is 0.586. The topological polar surface area (TPSA) is 89.9 Å². The Bertz CT molecular complexity index is 1240. The zero-order valence-corrected chi connectivity index (χ0v) is 24.6. The number of fused-ring (bicyclic) bond motifs is 1. The minimum absolute atomic E-state index is 0.179.